The molecule has 24 heavy (non-hydrogen) atoms. The Bertz CT molecular complexity index is 801. The molecule has 8 heteroatoms. The SMILES string of the molecule is CNCn1cnc2c(=O)n(CCCCC(C)N(C)C)c(=O)n(C)c21. The van der Waals surface area contributed by atoms with E-state index in [1.54, 1.807) is 25.0 Å². The van der Waals surface area contributed by atoms with Crippen molar-refractivity contribution in [2.24, 2.45) is 7.05 Å². The molecule has 0 aliphatic heterocycles. The summed E-state index contributed by atoms with van der Waals surface area (Å²) in [6.07, 6.45) is 4.41. The molecule has 1 unspecified atom stereocenters. The first kappa shape index (κ1) is 18.4. The van der Waals surface area contributed by atoms with Gasteiger partial charge >= 0.3 is 5.69 Å². The Kier molecular flexibility index (Phi) is 5.95. The molecular formula is C16H28N6O2. The van der Waals surface area contributed by atoms with Crippen molar-refractivity contribution in [1.29, 1.82) is 0 Å². The van der Waals surface area contributed by atoms with Gasteiger partial charge in [-0.3, -0.25) is 13.9 Å². The van der Waals surface area contributed by atoms with Crippen molar-refractivity contribution in [2.75, 3.05) is 21.1 Å². The van der Waals surface area contributed by atoms with Crippen molar-refractivity contribution < 1.29 is 0 Å². The van der Waals surface area contributed by atoms with Crippen LogP contribution in [0, 0.1) is 0 Å². The van der Waals surface area contributed by atoms with Crippen molar-refractivity contribution in [1.82, 2.24) is 28.9 Å². The van der Waals surface area contributed by atoms with Crippen LogP contribution in [0.5, 0.6) is 0 Å². The molecular weight excluding hydrogens is 308 g/mol. The highest BCUT2D eigenvalue weighted by Crippen LogP contribution is 2.07. The number of hydrogen-bond donors (Lipinski definition) is 1. The number of nitrogens with zero attached hydrogens (tertiary/aromatic N) is 5. The minimum atomic E-state index is -0.302. The molecule has 0 fully saturated rings. The highest BCUT2D eigenvalue weighted by molar-refractivity contribution is 5.69. The van der Waals surface area contributed by atoms with Crippen LogP contribution in [0.4, 0.5) is 0 Å². The fraction of sp³-hybridized carbons (Fsp3) is 0.688. The van der Waals surface area contributed by atoms with Crippen LogP contribution in [0.3, 0.4) is 0 Å². The third-order valence-corrected chi connectivity index (χ3v) is 4.56. The highest BCUT2D eigenvalue weighted by atomic mass is 16.2. The molecule has 0 saturated carbocycles. The van der Waals surface area contributed by atoms with E-state index >= 15 is 0 Å². The molecule has 134 valence electrons. The molecule has 0 aliphatic carbocycles. The van der Waals surface area contributed by atoms with Gasteiger partial charge in [0.1, 0.15) is 0 Å². The zero-order valence-electron chi connectivity index (χ0n) is 15.2. The summed E-state index contributed by atoms with van der Waals surface area (Å²) in [6.45, 7) is 3.10. The van der Waals surface area contributed by atoms with Crippen LogP contribution in [-0.2, 0) is 20.3 Å². The monoisotopic (exact) mass is 336 g/mol. The Labute approximate surface area is 141 Å². The zero-order chi connectivity index (χ0) is 17.9. The van der Waals surface area contributed by atoms with Gasteiger partial charge in [-0.1, -0.05) is 6.42 Å². The van der Waals surface area contributed by atoms with Crippen LogP contribution < -0.4 is 16.6 Å². The van der Waals surface area contributed by atoms with Gasteiger partial charge in [-0.15, -0.1) is 0 Å². The number of fused-ring (bicyclic) bond motifs is 1. The Morgan fingerprint density at radius 1 is 1.29 bits per heavy atom. The number of rotatable bonds is 8. The average molecular weight is 336 g/mol. The van der Waals surface area contributed by atoms with Crippen molar-refractivity contribution in [3.05, 3.63) is 27.2 Å². The number of imidazole rings is 1. The molecule has 2 aromatic heterocycles. The second-order valence-electron chi connectivity index (χ2n) is 6.51. The summed E-state index contributed by atoms with van der Waals surface area (Å²) in [5.41, 5.74) is 0.306. The van der Waals surface area contributed by atoms with Gasteiger partial charge in [-0.05, 0) is 40.9 Å². The predicted molar refractivity (Wildman–Crippen MR) is 95.3 cm³/mol. The maximum atomic E-state index is 12.6. The lowest BCUT2D eigenvalue weighted by atomic mass is 10.1. The van der Waals surface area contributed by atoms with Crippen LogP contribution in [0.1, 0.15) is 26.2 Å². The predicted octanol–water partition coefficient (Wildman–Crippen LogP) is 0.194. The van der Waals surface area contributed by atoms with Gasteiger partial charge in [0.05, 0.1) is 13.0 Å². The third kappa shape index (κ3) is 3.59. The maximum Gasteiger partial charge on any atom is 0.332 e. The third-order valence-electron chi connectivity index (χ3n) is 4.56. The summed E-state index contributed by atoms with van der Waals surface area (Å²) in [4.78, 5) is 31.5. The minimum absolute atomic E-state index is 0.286. The molecule has 0 saturated heterocycles. The Morgan fingerprint density at radius 3 is 2.62 bits per heavy atom. The van der Waals surface area contributed by atoms with Gasteiger partial charge in [0.15, 0.2) is 11.2 Å². The van der Waals surface area contributed by atoms with E-state index < -0.39 is 0 Å². The Balaban J connectivity index is 2.23. The molecule has 2 heterocycles. The number of aromatic nitrogens is 4. The van der Waals surface area contributed by atoms with E-state index in [1.165, 1.54) is 9.13 Å². The molecule has 8 nitrogen and oxygen atoms in total. The summed E-state index contributed by atoms with van der Waals surface area (Å²) < 4.78 is 4.57. The van der Waals surface area contributed by atoms with Crippen molar-refractivity contribution >= 4 is 11.2 Å². The first-order chi connectivity index (χ1) is 11.4. The summed E-state index contributed by atoms with van der Waals surface area (Å²) in [6, 6.07) is 0.490. The number of unbranched alkanes of at least 4 members (excludes halogenated alkanes) is 1. The van der Waals surface area contributed by atoms with Crippen molar-refractivity contribution in [3.8, 4) is 0 Å². The second kappa shape index (κ2) is 7.76. The molecule has 0 radical (unpaired) electrons. The summed E-state index contributed by atoms with van der Waals surface area (Å²) in [5.74, 6) is 0. The Morgan fingerprint density at radius 2 is 2.00 bits per heavy atom. The van der Waals surface area contributed by atoms with Gasteiger partial charge in [-0.2, -0.15) is 0 Å². The van der Waals surface area contributed by atoms with Crippen molar-refractivity contribution in [3.63, 3.8) is 0 Å². The van der Waals surface area contributed by atoms with Crippen LogP contribution in [-0.4, -0.2) is 50.8 Å². The smallest absolute Gasteiger partial charge is 0.307 e. The summed E-state index contributed by atoms with van der Waals surface area (Å²) in [5, 5.41) is 3.00. The van der Waals surface area contributed by atoms with Crippen LogP contribution in [0.15, 0.2) is 15.9 Å². The number of nitrogens with one attached hydrogen (secondary N) is 1. The molecule has 1 N–H and O–H groups in total. The van der Waals surface area contributed by atoms with E-state index in [2.05, 4.69) is 36.2 Å². The molecule has 1 atom stereocenters. The van der Waals surface area contributed by atoms with Crippen LogP contribution >= 0.6 is 0 Å². The lowest BCUT2D eigenvalue weighted by Crippen LogP contribution is -2.39. The van der Waals surface area contributed by atoms with Gasteiger partial charge in [-0.25, -0.2) is 9.78 Å². The van der Waals surface area contributed by atoms with E-state index in [-0.39, 0.29) is 11.2 Å². The fourth-order valence-corrected chi connectivity index (χ4v) is 2.82. The topological polar surface area (TPSA) is 77.1 Å². The van der Waals surface area contributed by atoms with E-state index in [1.807, 2.05) is 0 Å². The van der Waals surface area contributed by atoms with Gasteiger partial charge < -0.3 is 14.8 Å². The molecule has 2 rings (SSSR count). The minimum Gasteiger partial charge on any atom is -0.307 e. The van der Waals surface area contributed by atoms with Crippen LogP contribution in [0.2, 0.25) is 0 Å². The molecule has 0 aliphatic rings. The van der Waals surface area contributed by atoms with E-state index in [9.17, 15) is 9.59 Å². The highest BCUT2D eigenvalue weighted by Gasteiger charge is 2.15. The molecule has 0 aromatic carbocycles. The van der Waals surface area contributed by atoms with E-state index in [0.29, 0.717) is 30.4 Å². The van der Waals surface area contributed by atoms with Gasteiger partial charge in [0.25, 0.3) is 5.56 Å². The van der Waals surface area contributed by atoms with Gasteiger partial charge in [0.2, 0.25) is 0 Å². The molecule has 0 amide bonds. The largest absolute Gasteiger partial charge is 0.332 e. The molecule has 0 spiro atoms. The van der Waals surface area contributed by atoms with Gasteiger partial charge in [0, 0.05) is 19.6 Å². The number of aryl methyl sites for hydroxylation is 1. The Hall–Kier alpha value is -1.93. The second-order valence-corrected chi connectivity index (χ2v) is 6.51. The first-order valence-electron chi connectivity index (χ1n) is 8.34. The normalized spacial score (nSPS) is 13.1. The van der Waals surface area contributed by atoms with E-state index in [4.69, 9.17) is 0 Å². The fourth-order valence-electron chi connectivity index (χ4n) is 2.82. The van der Waals surface area contributed by atoms with E-state index in [0.717, 1.165) is 19.3 Å². The zero-order valence-corrected chi connectivity index (χ0v) is 15.2. The maximum absolute atomic E-state index is 12.6. The standard InChI is InChI=1S/C16H28N6O2/c1-12(19(3)4)8-6-7-9-22-15(23)13-14(20(5)16(22)24)21(10-17-2)11-18-13/h11-12,17H,6-10H2,1-5H3. The number of hydrogen-bond acceptors (Lipinski definition) is 5. The van der Waals surface area contributed by atoms with Crippen molar-refractivity contribution in [2.45, 2.75) is 45.4 Å². The lowest BCUT2D eigenvalue weighted by Gasteiger charge is -2.19. The van der Waals surface area contributed by atoms with Crippen LogP contribution in [0.25, 0.3) is 11.2 Å². The molecule has 0 bridgehead atoms. The first-order valence-corrected chi connectivity index (χ1v) is 8.34. The summed E-state index contributed by atoms with van der Waals surface area (Å²) >= 11 is 0. The molecule has 2 aromatic rings. The lowest BCUT2D eigenvalue weighted by molar-refractivity contribution is 0.290. The quantitative estimate of drug-likeness (QED) is 0.697. The average Bonchev–Trinajstić information content (AvgIpc) is 2.96. The summed E-state index contributed by atoms with van der Waals surface area (Å²) in [7, 11) is 7.60.